The minimum atomic E-state index is -2.39. The molecule has 8 aromatic rings. The van der Waals surface area contributed by atoms with Crippen LogP contribution in [0.25, 0.3) is 77.5 Å². The summed E-state index contributed by atoms with van der Waals surface area (Å²) in [5, 5.41) is 10.8. The standard InChI is InChI=1S/2C27H23.C2H6Si.2ClH.Zr/c2*1-2-3-9-19-16-20-11-8-15-25(26(20)17-19)27-18-21-10-4-5-12-22(21)23-13-6-7-14-24(23)27;1-3-2;;;/h2*4-8,10-18H,2-3,9H2,1H3;1-2H3;2*1H;/q;;;;;+2/p-2. The van der Waals surface area contributed by atoms with Gasteiger partial charge in [0.25, 0.3) is 0 Å². The molecule has 8 aromatic carbocycles. The van der Waals surface area contributed by atoms with Gasteiger partial charge in [-0.2, -0.15) is 0 Å². The third kappa shape index (κ3) is 7.30. The maximum Gasteiger partial charge on any atom is -1.00 e. The van der Waals surface area contributed by atoms with E-state index in [4.69, 9.17) is 0 Å². The van der Waals surface area contributed by atoms with Crippen LogP contribution in [0.3, 0.4) is 0 Å². The van der Waals surface area contributed by atoms with E-state index in [0.717, 1.165) is 0 Å². The van der Waals surface area contributed by atoms with Crippen molar-refractivity contribution in [3.8, 4) is 22.3 Å². The zero-order chi connectivity index (χ0) is 39.3. The smallest absolute Gasteiger partial charge is 1.00 e. The Morgan fingerprint density at radius 3 is 1.22 bits per heavy atom. The Morgan fingerprint density at radius 2 is 0.817 bits per heavy atom. The summed E-state index contributed by atoms with van der Waals surface area (Å²) in [5.41, 5.74) is 14.8. The van der Waals surface area contributed by atoms with Gasteiger partial charge in [0, 0.05) is 0 Å². The molecule has 2 atom stereocenters. The van der Waals surface area contributed by atoms with Crippen LogP contribution < -0.4 is 24.8 Å². The Hall–Kier alpha value is -4.04. The van der Waals surface area contributed by atoms with E-state index in [9.17, 15) is 0 Å². The molecule has 2 aliphatic rings. The van der Waals surface area contributed by atoms with Gasteiger partial charge in [-0.3, -0.25) is 0 Å². The number of hydrogen-bond acceptors (Lipinski definition) is 0. The molecule has 0 spiro atoms. The molecule has 60 heavy (non-hydrogen) atoms. The molecule has 0 heterocycles. The molecular formula is C56H52Cl2SiZr. The van der Waals surface area contributed by atoms with Crippen LogP contribution in [0, 0.1) is 0 Å². The molecule has 0 bridgehead atoms. The largest absolute Gasteiger partial charge is 1.00 e. The Kier molecular flexibility index (Phi) is 12.9. The number of unbranched alkanes of at least 4 members (excludes halogenated alkanes) is 2. The van der Waals surface area contributed by atoms with Crippen molar-refractivity contribution in [1.82, 2.24) is 0 Å². The van der Waals surface area contributed by atoms with Crippen LogP contribution >= 0.6 is 0 Å². The summed E-state index contributed by atoms with van der Waals surface area (Å²) in [5.74, 6) is 0. The first kappa shape index (κ1) is 42.6. The van der Waals surface area contributed by atoms with E-state index in [2.05, 4.69) is 185 Å². The quantitative estimate of drug-likeness (QED) is 0.0948. The van der Waals surface area contributed by atoms with E-state index >= 15 is 0 Å². The van der Waals surface area contributed by atoms with Gasteiger partial charge in [-0.1, -0.05) is 0 Å². The maximum atomic E-state index is 2.71. The molecule has 0 aliphatic heterocycles. The first-order valence-corrected chi connectivity index (χ1v) is 30.7. The number of fused-ring (bicyclic) bond motifs is 8. The second-order valence-electron chi connectivity index (χ2n) is 17.0. The van der Waals surface area contributed by atoms with E-state index in [1.165, 1.54) is 115 Å². The summed E-state index contributed by atoms with van der Waals surface area (Å²) in [6.07, 6.45) is 12.8. The van der Waals surface area contributed by atoms with Gasteiger partial charge in [-0.15, -0.1) is 0 Å². The molecule has 0 aromatic heterocycles. The van der Waals surface area contributed by atoms with Crippen LogP contribution in [0.1, 0.15) is 81.9 Å². The average molecular weight is 915 g/mol. The fourth-order valence-corrected chi connectivity index (χ4v) is 31.1. The van der Waals surface area contributed by atoms with Crippen molar-refractivity contribution >= 4 is 60.7 Å². The molecule has 0 radical (unpaired) electrons. The van der Waals surface area contributed by atoms with Gasteiger partial charge in [-0.25, -0.2) is 0 Å². The fourth-order valence-electron chi connectivity index (χ4n) is 10.6. The van der Waals surface area contributed by atoms with E-state index < -0.39 is 25.8 Å². The molecule has 0 nitrogen and oxygen atoms in total. The molecule has 0 amide bonds. The van der Waals surface area contributed by atoms with Crippen molar-refractivity contribution in [2.24, 2.45) is 0 Å². The monoisotopic (exact) mass is 912 g/mol. The minimum absolute atomic E-state index is 0. The molecular weight excluding hydrogens is 863 g/mol. The molecule has 4 heteroatoms. The van der Waals surface area contributed by atoms with Crippen molar-refractivity contribution in [3.63, 3.8) is 0 Å². The van der Waals surface area contributed by atoms with Crippen molar-refractivity contribution in [1.29, 1.82) is 0 Å². The molecule has 0 saturated carbocycles. The number of halogens is 2. The minimum Gasteiger partial charge on any atom is -1.00 e. The van der Waals surface area contributed by atoms with E-state index in [1.807, 2.05) is 0 Å². The van der Waals surface area contributed by atoms with Crippen LogP contribution in [0.5, 0.6) is 0 Å². The van der Waals surface area contributed by atoms with E-state index in [1.54, 1.807) is 22.3 Å². The zero-order valence-corrected chi connectivity index (χ0v) is 40.1. The van der Waals surface area contributed by atoms with E-state index in [-0.39, 0.29) is 24.8 Å². The topological polar surface area (TPSA) is 0 Å². The second kappa shape index (κ2) is 18.1. The molecule has 0 saturated heterocycles. The summed E-state index contributed by atoms with van der Waals surface area (Å²) >= 11 is -2.39. The van der Waals surface area contributed by atoms with Crippen LogP contribution in [-0.2, 0) is 20.4 Å². The van der Waals surface area contributed by atoms with Gasteiger partial charge in [0.1, 0.15) is 0 Å². The second-order valence-corrected chi connectivity index (χ2v) is 34.8. The van der Waals surface area contributed by atoms with Gasteiger partial charge < -0.3 is 24.8 Å². The molecule has 10 rings (SSSR count). The van der Waals surface area contributed by atoms with Crippen LogP contribution in [0.2, 0.25) is 13.1 Å². The molecule has 2 aliphatic carbocycles. The summed E-state index contributed by atoms with van der Waals surface area (Å²) in [6, 6.07) is 55.8. The van der Waals surface area contributed by atoms with Crippen molar-refractivity contribution < 1.29 is 45.2 Å². The van der Waals surface area contributed by atoms with Crippen LogP contribution in [0.4, 0.5) is 0 Å². The summed E-state index contributed by atoms with van der Waals surface area (Å²) in [7, 11) is 0. The van der Waals surface area contributed by atoms with Gasteiger partial charge in [-0.05, 0) is 0 Å². The van der Waals surface area contributed by atoms with Crippen LogP contribution in [0.15, 0.2) is 157 Å². The van der Waals surface area contributed by atoms with Crippen molar-refractivity contribution in [2.75, 3.05) is 0 Å². The fraction of sp³-hybridized carbons (Fsp3) is 0.214. The predicted molar refractivity (Wildman–Crippen MR) is 252 cm³/mol. The van der Waals surface area contributed by atoms with Crippen molar-refractivity contribution in [3.05, 3.63) is 179 Å². The Bertz CT molecular complexity index is 2820. The Labute approximate surface area is 376 Å². The number of allylic oxidation sites excluding steroid dienone is 2. The number of hydrogen-bond donors (Lipinski definition) is 0. The van der Waals surface area contributed by atoms with Gasteiger partial charge in [0.2, 0.25) is 0 Å². The summed E-state index contributed by atoms with van der Waals surface area (Å²) in [6.45, 7) is 10.1. The number of benzene rings is 8. The number of rotatable bonds is 10. The molecule has 298 valence electrons. The third-order valence-electron chi connectivity index (χ3n) is 13.3. The Balaban J connectivity index is 0.00000249. The van der Waals surface area contributed by atoms with Crippen LogP contribution in [-0.4, -0.2) is 5.43 Å². The Morgan fingerprint density at radius 1 is 0.433 bits per heavy atom. The summed E-state index contributed by atoms with van der Waals surface area (Å²) < 4.78 is 1.20. The predicted octanol–water partition coefficient (Wildman–Crippen LogP) is 10.5. The molecule has 0 N–H and O–H groups in total. The summed E-state index contributed by atoms with van der Waals surface area (Å²) in [4.78, 5) is 0. The average Bonchev–Trinajstić information content (AvgIpc) is 3.82. The van der Waals surface area contributed by atoms with Gasteiger partial charge in [0.15, 0.2) is 0 Å². The van der Waals surface area contributed by atoms with Crippen molar-refractivity contribution in [2.45, 2.75) is 72.7 Å². The maximum absolute atomic E-state index is 2.71. The van der Waals surface area contributed by atoms with Gasteiger partial charge >= 0.3 is 355 Å². The zero-order valence-electron chi connectivity index (χ0n) is 35.2. The first-order chi connectivity index (χ1) is 28.6. The normalized spacial score (nSPS) is 15.2. The van der Waals surface area contributed by atoms with Gasteiger partial charge in [0.05, 0.1) is 0 Å². The SMILES string of the molecule is CCCCC1=Cc2c(-c3cc4ccccc4c4ccccc34)cccc2[CH]1[Zr+2]([CH]1C(CCCC)=Cc2c(-c3cc4ccccc4c4ccccc34)cccc21)=[Si](C)C.[Cl-].[Cl-]. The van der Waals surface area contributed by atoms with E-state index in [0.29, 0.717) is 7.25 Å². The molecule has 2 unspecified atom stereocenters. The first-order valence-electron chi connectivity index (χ1n) is 21.7. The third-order valence-corrected chi connectivity index (χ3v) is 32.8. The molecule has 0 fully saturated rings.